The fraction of sp³-hybridized carbons (Fsp3) is 0.214. The minimum atomic E-state index is -0.908. The van der Waals surface area contributed by atoms with Gasteiger partial charge in [0.25, 0.3) is 5.91 Å². The Morgan fingerprint density at radius 3 is 2.20 bits per heavy atom. The zero-order chi connectivity index (χ0) is 24.9. The number of hydrogen-bond donors (Lipinski definition) is 1. The molecule has 0 bridgehead atoms. The summed E-state index contributed by atoms with van der Waals surface area (Å²) in [4.78, 5) is 24.5. The van der Waals surface area contributed by atoms with Crippen molar-refractivity contribution in [2.24, 2.45) is 0 Å². The highest BCUT2D eigenvalue weighted by molar-refractivity contribution is 6.04. The second-order valence-corrected chi connectivity index (χ2v) is 8.11. The number of benzene rings is 3. The Morgan fingerprint density at radius 2 is 1.57 bits per heavy atom. The van der Waals surface area contributed by atoms with Crippen LogP contribution in [0.15, 0.2) is 66.7 Å². The van der Waals surface area contributed by atoms with Gasteiger partial charge in [0.2, 0.25) is 0 Å². The smallest absolute Gasteiger partial charge is 0.307 e. The van der Waals surface area contributed by atoms with Crippen LogP contribution in [0.3, 0.4) is 0 Å². The van der Waals surface area contributed by atoms with E-state index in [0.717, 1.165) is 28.1 Å². The summed E-state index contributed by atoms with van der Waals surface area (Å²) in [6.07, 6.45) is 0.503. The maximum Gasteiger partial charge on any atom is 0.307 e. The second kappa shape index (κ2) is 10.3. The van der Waals surface area contributed by atoms with E-state index in [1.54, 1.807) is 55.2 Å². The molecule has 0 amide bonds. The number of carbonyl (C=O) groups is 2. The zero-order valence-corrected chi connectivity index (χ0v) is 19.9. The molecule has 0 saturated heterocycles. The van der Waals surface area contributed by atoms with E-state index in [2.05, 4.69) is 0 Å². The first kappa shape index (κ1) is 23.9. The standard InChI is InChI=1S/C28H27NO6/c1-18-16-23-20(17-27(30)31)6-4-7-24(23)29(18)28(32)19-10-12-21(13-11-19)35-15-14-22-25(33-2)8-5-9-26(22)34-3/h4-13,16H,14-15,17H2,1-3H3,(H,30,31). The molecule has 4 aromatic rings. The minimum Gasteiger partial charge on any atom is -0.496 e. The second-order valence-electron chi connectivity index (χ2n) is 8.11. The lowest BCUT2D eigenvalue weighted by Gasteiger charge is -2.13. The Labute approximate surface area is 203 Å². The van der Waals surface area contributed by atoms with Crippen LogP contribution in [-0.2, 0) is 17.6 Å². The first-order chi connectivity index (χ1) is 16.9. The van der Waals surface area contributed by atoms with Crippen LogP contribution in [0.1, 0.15) is 27.2 Å². The van der Waals surface area contributed by atoms with Crippen molar-refractivity contribution in [3.63, 3.8) is 0 Å². The van der Waals surface area contributed by atoms with Crippen molar-refractivity contribution in [2.75, 3.05) is 20.8 Å². The molecule has 7 heteroatoms. The van der Waals surface area contributed by atoms with Crippen LogP contribution in [0.2, 0.25) is 0 Å². The van der Waals surface area contributed by atoms with Crippen molar-refractivity contribution in [2.45, 2.75) is 19.8 Å². The highest BCUT2D eigenvalue weighted by atomic mass is 16.5. The molecule has 0 aliphatic carbocycles. The van der Waals surface area contributed by atoms with Crippen molar-refractivity contribution in [3.8, 4) is 17.2 Å². The van der Waals surface area contributed by atoms with E-state index in [0.29, 0.717) is 35.4 Å². The van der Waals surface area contributed by atoms with Crippen molar-refractivity contribution in [1.82, 2.24) is 4.57 Å². The topological polar surface area (TPSA) is 87.0 Å². The minimum absolute atomic E-state index is 0.0955. The van der Waals surface area contributed by atoms with E-state index < -0.39 is 5.97 Å². The summed E-state index contributed by atoms with van der Waals surface area (Å²) in [5.74, 6) is 1.04. The molecule has 4 rings (SSSR count). The molecule has 1 N–H and O–H groups in total. The number of carbonyl (C=O) groups excluding carboxylic acids is 1. The van der Waals surface area contributed by atoms with Crippen LogP contribution < -0.4 is 14.2 Å². The quantitative estimate of drug-likeness (QED) is 0.372. The van der Waals surface area contributed by atoms with Crippen LogP contribution in [0.5, 0.6) is 17.2 Å². The van der Waals surface area contributed by atoms with E-state index in [9.17, 15) is 14.7 Å². The van der Waals surface area contributed by atoms with Gasteiger partial charge in [-0.3, -0.25) is 14.2 Å². The SMILES string of the molecule is COc1cccc(OC)c1CCOc1ccc(C(=O)n2c(C)cc3c(CC(=O)O)cccc32)cc1. The van der Waals surface area contributed by atoms with Crippen molar-refractivity contribution >= 4 is 22.8 Å². The van der Waals surface area contributed by atoms with Crippen LogP contribution >= 0.6 is 0 Å². The Hall–Kier alpha value is -4.26. The van der Waals surface area contributed by atoms with E-state index >= 15 is 0 Å². The van der Waals surface area contributed by atoms with E-state index in [1.165, 1.54) is 0 Å². The number of hydrogen-bond acceptors (Lipinski definition) is 5. The third-order valence-corrected chi connectivity index (χ3v) is 5.92. The number of aryl methyl sites for hydroxylation is 1. The molecule has 0 saturated carbocycles. The monoisotopic (exact) mass is 473 g/mol. The van der Waals surface area contributed by atoms with Gasteiger partial charge in [-0.1, -0.05) is 18.2 Å². The maximum absolute atomic E-state index is 13.3. The van der Waals surface area contributed by atoms with Crippen molar-refractivity contribution in [1.29, 1.82) is 0 Å². The molecule has 7 nitrogen and oxygen atoms in total. The van der Waals surface area contributed by atoms with Gasteiger partial charge in [0, 0.05) is 28.6 Å². The van der Waals surface area contributed by atoms with Gasteiger partial charge in [0.15, 0.2) is 0 Å². The lowest BCUT2D eigenvalue weighted by atomic mass is 10.1. The molecule has 0 fully saturated rings. The van der Waals surface area contributed by atoms with Crippen molar-refractivity contribution in [3.05, 3.63) is 89.1 Å². The number of rotatable bonds is 9. The molecule has 3 aromatic carbocycles. The summed E-state index contributed by atoms with van der Waals surface area (Å²) in [6.45, 7) is 2.25. The normalized spacial score (nSPS) is 10.8. The van der Waals surface area contributed by atoms with Gasteiger partial charge in [0.05, 0.1) is 32.8 Å². The number of aromatic nitrogens is 1. The van der Waals surface area contributed by atoms with E-state index in [1.807, 2.05) is 37.3 Å². The van der Waals surface area contributed by atoms with Gasteiger partial charge >= 0.3 is 5.97 Å². The van der Waals surface area contributed by atoms with Crippen LogP contribution in [0.25, 0.3) is 10.9 Å². The Bertz CT molecular complexity index is 1350. The molecule has 1 heterocycles. The molecule has 0 spiro atoms. The first-order valence-corrected chi connectivity index (χ1v) is 11.2. The average Bonchev–Trinajstić information content (AvgIpc) is 3.20. The highest BCUT2D eigenvalue weighted by Gasteiger charge is 2.17. The number of carboxylic acids is 1. The van der Waals surface area contributed by atoms with Gasteiger partial charge in [-0.2, -0.15) is 0 Å². The third kappa shape index (κ3) is 4.99. The molecule has 1 aromatic heterocycles. The largest absolute Gasteiger partial charge is 0.496 e. The van der Waals surface area contributed by atoms with Gasteiger partial charge in [0.1, 0.15) is 17.2 Å². The first-order valence-electron chi connectivity index (χ1n) is 11.2. The highest BCUT2D eigenvalue weighted by Crippen LogP contribution is 2.29. The van der Waals surface area contributed by atoms with E-state index in [-0.39, 0.29) is 12.3 Å². The van der Waals surface area contributed by atoms with E-state index in [4.69, 9.17) is 14.2 Å². The fourth-order valence-electron chi connectivity index (χ4n) is 4.28. The number of carboxylic acid groups (broad SMARTS) is 1. The lowest BCUT2D eigenvalue weighted by Crippen LogP contribution is -2.13. The molecule has 0 aliphatic heterocycles. The molecular formula is C28H27NO6. The van der Waals surface area contributed by atoms with Crippen LogP contribution in [0.4, 0.5) is 0 Å². The Balaban J connectivity index is 1.49. The summed E-state index contributed by atoms with van der Waals surface area (Å²) in [5, 5.41) is 9.97. The predicted octanol–water partition coefficient (Wildman–Crippen LogP) is 4.90. The number of ether oxygens (including phenoxy) is 3. The fourth-order valence-corrected chi connectivity index (χ4v) is 4.28. The predicted molar refractivity (Wildman–Crippen MR) is 133 cm³/mol. The van der Waals surface area contributed by atoms with Crippen LogP contribution in [0, 0.1) is 6.92 Å². The Morgan fingerprint density at radius 1 is 0.914 bits per heavy atom. The molecule has 0 radical (unpaired) electrons. The lowest BCUT2D eigenvalue weighted by molar-refractivity contribution is -0.136. The number of nitrogens with zero attached hydrogens (tertiary/aromatic N) is 1. The third-order valence-electron chi connectivity index (χ3n) is 5.92. The zero-order valence-electron chi connectivity index (χ0n) is 19.9. The summed E-state index contributed by atoms with van der Waals surface area (Å²) < 4.78 is 18.4. The summed E-state index contributed by atoms with van der Waals surface area (Å²) in [6, 6.07) is 19.9. The molecule has 0 aliphatic rings. The number of fused-ring (bicyclic) bond motifs is 1. The molecular weight excluding hydrogens is 446 g/mol. The molecule has 35 heavy (non-hydrogen) atoms. The van der Waals surface area contributed by atoms with Crippen LogP contribution in [-0.4, -0.2) is 42.4 Å². The summed E-state index contributed by atoms with van der Waals surface area (Å²) >= 11 is 0. The average molecular weight is 474 g/mol. The summed E-state index contributed by atoms with van der Waals surface area (Å²) in [7, 11) is 3.25. The van der Waals surface area contributed by atoms with Gasteiger partial charge in [-0.15, -0.1) is 0 Å². The number of aliphatic carboxylic acids is 1. The molecule has 0 unspecified atom stereocenters. The Kier molecular flexibility index (Phi) is 7.06. The van der Waals surface area contributed by atoms with Gasteiger partial charge in [-0.05, 0) is 61.0 Å². The number of methoxy groups -OCH3 is 2. The molecule has 180 valence electrons. The van der Waals surface area contributed by atoms with Gasteiger partial charge < -0.3 is 19.3 Å². The summed E-state index contributed by atoms with van der Waals surface area (Å²) in [5.41, 5.74) is 3.56. The maximum atomic E-state index is 13.3. The van der Waals surface area contributed by atoms with Gasteiger partial charge in [-0.25, -0.2) is 0 Å². The molecule has 0 atom stereocenters. The van der Waals surface area contributed by atoms with Crippen molar-refractivity contribution < 1.29 is 28.9 Å².